The fourth-order valence-corrected chi connectivity index (χ4v) is 5.61. The normalized spacial score (nSPS) is 11.7. The van der Waals surface area contributed by atoms with E-state index >= 15 is 0 Å². The molecule has 5 aromatic rings. The summed E-state index contributed by atoms with van der Waals surface area (Å²) in [5.74, 6) is 0.812. The zero-order chi connectivity index (χ0) is 28.8. The predicted molar refractivity (Wildman–Crippen MR) is 163 cm³/mol. The quantitative estimate of drug-likeness (QED) is 0.172. The Morgan fingerprint density at radius 3 is 2.49 bits per heavy atom. The molecule has 1 unspecified atom stereocenters. The first kappa shape index (κ1) is 28.4. The molecule has 0 fully saturated rings. The summed E-state index contributed by atoms with van der Waals surface area (Å²) < 4.78 is 15.7. The van der Waals surface area contributed by atoms with Gasteiger partial charge in [-0.25, -0.2) is 9.18 Å². The van der Waals surface area contributed by atoms with Crippen LogP contribution < -0.4 is 10.6 Å². The second kappa shape index (κ2) is 13.0. The second-order valence-electron chi connectivity index (χ2n) is 9.74. The maximum absolute atomic E-state index is 13.8. The van der Waals surface area contributed by atoms with E-state index in [-0.39, 0.29) is 0 Å². The van der Waals surface area contributed by atoms with Crippen molar-refractivity contribution in [2.45, 2.75) is 37.2 Å². The number of hydrogen-bond donors (Lipinski definition) is 2. The minimum atomic E-state index is -0.565. The van der Waals surface area contributed by atoms with E-state index in [1.54, 1.807) is 23.9 Å². The molecular formula is C32H29ClFN5OS. The molecule has 0 radical (unpaired) electrons. The first-order chi connectivity index (χ1) is 19.9. The second-order valence-corrected chi connectivity index (χ2v) is 11.1. The number of carbonyl (C=O) groups excluding carboxylic acids is 1. The van der Waals surface area contributed by atoms with Crippen molar-refractivity contribution in [3.63, 3.8) is 0 Å². The third kappa shape index (κ3) is 7.34. The molecule has 0 saturated heterocycles. The summed E-state index contributed by atoms with van der Waals surface area (Å²) in [7, 11) is 0. The summed E-state index contributed by atoms with van der Waals surface area (Å²) in [5.41, 5.74) is 5.53. The van der Waals surface area contributed by atoms with E-state index in [0.29, 0.717) is 33.9 Å². The number of rotatable bonds is 9. The molecule has 2 amide bonds. The molecule has 1 atom stereocenters. The van der Waals surface area contributed by atoms with Crippen molar-refractivity contribution in [1.82, 2.24) is 20.1 Å². The summed E-state index contributed by atoms with van der Waals surface area (Å²) in [4.78, 5) is 13.2. The molecule has 4 aromatic carbocycles. The van der Waals surface area contributed by atoms with Crippen LogP contribution in [0.3, 0.4) is 0 Å². The summed E-state index contributed by atoms with van der Waals surface area (Å²) >= 11 is 8.02. The van der Waals surface area contributed by atoms with E-state index in [2.05, 4.69) is 46.0 Å². The number of amides is 2. The van der Waals surface area contributed by atoms with Crippen molar-refractivity contribution in [2.75, 3.05) is 5.32 Å². The van der Waals surface area contributed by atoms with Gasteiger partial charge in [0.2, 0.25) is 0 Å². The molecule has 2 N–H and O–H groups in total. The Balaban J connectivity index is 1.53. The van der Waals surface area contributed by atoms with Crippen molar-refractivity contribution in [3.8, 4) is 5.69 Å². The van der Waals surface area contributed by atoms with Crippen LogP contribution in [0.4, 0.5) is 14.9 Å². The maximum Gasteiger partial charge on any atom is 0.319 e. The van der Waals surface area contributed by atoms with Crippen molar-refractivity contribution in [2.24, 2.45) is 0 Å². The number of aromatic nitrogens is 3. The van der Waals surface area contributed by atoms with E-state index < -0.39 is 17.9 Å². The summed E-state index contributed by atoms with van der Waals surface area (Å²) in [6.07, 6.45) is 0.456. The number of aryl methyl sites for hydroxylation is 2. The SMILES string of the molecule is Cc1cccc(CSc2nnc(C(Cc3ccccc3)NC(=O)Nc3cccc(F)c3)n2-c2cc(Cl)ccc2C)c1. The van der Waals surface area contributed by atoms with Gasteiger partial charge in [0.15, 0.2) is 11.0 Å². The van der Waals surface area contributed by atoms with Gasteiger partial charge < -0.3 is 10.6 Å². The molecule has 0 aliphatic heterocycles. The highest BCUT2D eigenvalue weighted by molar-refractivity contribution is 7.98. The Morgan fingerprint density at radius 2 is 1.71 bits per heavy atom. The van der Waals surface area contributed by atoms with E-state index in [4.69, 9.17) is 11.6 Å². The number of urea groups is 1. The van der Waals surface area contributed by atoms with E-state index in [1.807, 2.05) is 66.1 Å². The van der Waals surface area contributed by atoms with Gasteiger partial charge in [-0.15, -0.1) is 10.2 Å². The number of nitrogens with one attached hydrogen (secondary N) is 2. The van der Waals surface area contributed by atoms with Gasteiger partial charge in [-0.2, -0.15) is 0 Å². The lowest BCUT2D eigenvalue weighted by Gasteiger charge is -2.21. The molecule has 0 aliphatic carbocycles. The zero-order valence-corrected chi connectivity index (χ0v) is 24.2. The molecule has 0 spiro atoms. The minimum absolute atomic E-state index is 0.350. The first-order valence-electron chi connectivity index (χ1n) is 13.1. The molecule has 6 nitrogen and oxygen atoms in total. The summed E-state index contributed by atoms with van der Waals surface area (Å²) in [5, 5.41) is 16.2. The Labute approximate surface area is 248 Å². The number of benzene rings is 4. The Morgan fingerprint density at radius 1 is 0.927 bits per heavy atom. The van der Waals surface area contributed by atoms with Gasteiger partial charge in [-0.1, -0.05) is 95.7 Å². The average molecular weight is 586 g/mol. The number of anilines is 1. The lowest BCUT2D eigenvalue weighted by molar-refractivity contribution is 0.247. The molecule has 0 saturated carbocycles. The van der Waals surface area contributed by atoms with Crippen molar-refractivity contribution < 1.29 is 9.18 Å². The molecule has 0 aliphatic rings. The van der Waals surface area contributed by atoms with Crippen LogP contribution in [0, 0.1) is 19.7 Å². The smallest absolute Gasteiger partial charge is 0.319 e. The van der Waals surface area contributed by atoms with Crippen LogP contribution >= 0.6 is 23.4 Å². The fourth-order valence-electron chi connectivity index (χ4n) is 4.55. The topological polar surface area (TPSA) is 71.8 Å². The van der Waals surface area contributed by atoms with Gasteiger partial charge in [0.1, 0.15) is 5.82 Å². The largest absolute Gasteiger partial charge is 0.327 e. The third-order valence-corrected chi connectivity index (χ3v) is 7.74. The van der Waals surface area contributed by atoms with Gasteiger partial charge in [-0.3, -0.25) is 4.57 Å². The number of thioether (sulfide) groups is 1. The predicted octanol–water partition coefficient (Wildman–Crippen LogP) is 8.07. The van der Waals surface area contributed by atoms with Crippen LogP contribution in [-0.2, 0) is 12.2 Å². The van der Waals surface area contributed by atoms with E-state index in [0.717, 1.165) is 16.8 Å². The van der Waals surface area contributed by atoms with Crippen molar-refractivity contribution in [3.05, 3.63) is 136 Å². The van der Waals surface area contributed by atoms with Crippen LogP contribution in [0.15, 0.2) is 102 Å². The number of nitrogens with zero attached hydrogens (tertiary/aromatic N) is 3. The van der Waals surface area contributed by atoms with Gasteiger partial charge in [0, 0.05) is 22.9 Å². The fraction of sp³-hybridized carbons (Fsp3) is 0.156. The van der Waals surface area contributed by atoms with Crippen LogP contribution in [0.25, 0.3) is 5.69 Å². The molecule has 1 heterocycles. The van der Waals surface area contributed by atoms with E-state index in [1.165, 1.54) is 23.3 Å². The summed E-state index contributed by atoms with van der Waals surface area (Å²) in [6, 6.07) is 28.6. The van der Waals surface area contributed by atoms with Gasteiger partial charge in [-0.05, 0) is 60.9 Å². The average Bonchev–Trinajstić information content (AvgIpc) is 3.37. The Hall–Kier alpha value is -4.14. The van der Waals surface area contributed by atoms with Crippen LogP contribution in [0.2, 0.25) is 5.02 Å². The number of carbonyl (C=O) groups is 1. The molecule has 1 aromatic heterocycles. The van der Waals surface area contributed by atoms with Crippen molar-refractivity contribution in [1.29, 1.82) is 0 Å². The zero-order valence-electron chi connectivity index (χ0n) is 22.6. The van der Waals surface area contributed by atoms with Gasteiger partial charge in [0.25, 0.3) is 0 Å². The monoisotopic (exact) mass is 585 g/mol. The Bertz CT molecular complexity index is 1660. The molecule has 41 heavy (non-hydrogen) atoms. The number of hydrogen-bond acceptors (Lipinski definition) is 4. The molecule has 5 rings (SSSR count). The highest BCUT2D eigenvalue weighted by Gasteiger charge is 2.26. The minimum Gasteiger partial charge on any atom is -0.327 e. The van der Waals surface area contributed by atoms with Crippen LogP contribution in [0.1, 0.15) is 34.1 Å². The highest BCUT2D eigenvalue weighted by Crippen LogP contribution is 2.31. The number of halogens is 2. The van der Waals surface area contributed by atoms with Gasteiger partial charge >= 0.3 is 6.03 Å². The van der Waals surface area contributed by atoms with Crippen LogP contribution in [0.5, 0.6) is 0 Å². The third-order valence-electron chi connectivity index (χ3n) is 6.50. The lowest BCUT2D eigenvalue weighted by atomic mass is 10.0. The van der Waals surface area contributed by atoms with E-state index in [9.17, 15) is 9.18 Å². The lowest BCUT2D eigenvalue weighted by Crippen LogP contribution is -2.35. The maximum atomic E-state index is 13.8. The molecule has 208 valence electrons. The first-order valence-corrected chi connectivity index (χ1v) is 14.5. The molecular weight excluding hydrogens is 557 g/mol. The standard InChI is InChI=1S/C32H29ClFN5OS/c1-21-8-6-11-24(16-21)20-41-32-38-37-30(39(32)29-18-25(33)15-14-22(29)2)28(17-23-9-4-3-5-10-23)36-31(40)35-27-13-7-12-26(34)19-27/h3-16,18-19,28H,17,20H2,1-2H3,(H2,35,36,40). The van der Waals surface area contributed by atoms with Crippen LogP contribution in [-0.4, -0.2) is 20.8 Å². The molecule has 9 heteroatoms. The van der Waals surface area contributed by atoms with Crippen molar-refractivity contribution >= 4 is 35.1 Å². The highest BCUT2D eigenvalue weighted by atomic mass is 35.5. The molecule has 0 bridgehead atoms. The van der Waals surface area contributed by atoms with Gasteiger partial charge in [0.05, 0.1) is 11.7 Å². The Kier molecular flexibility index (Phi) is 9.01. The summed E-state index contributed by atoms with van der Waals surface area (Å²) in [6.45, 7) is 4.07.